The van der Waals surface area contributed by atoms with E-state index in [0.29, 0.717) is 17.6 Å². The van der Waals surface area contributed by atoms with Crippen LogP contribution in [0.4, 0.5) is 0 Å². The van der Waals surface area contributed by atoms with E-state index < -0.39 is 0 Å². The third-order valence-electron chi connectivity index (χ3n) is 5.02. The van der Waals surface area contributed by atoms with Crippen LogP contribution < -0.4 is 0 Å². The van der Waals surface area contributed by atoms with Gasteiger partial charge in [0.1, 0.15) is 5.75 Å². The predicted octanol–water partition coefficient (Wildman–Crippen LogP) is 6.41. The van der Waals surface area contributed by atoms with E-state index in [1.165, 1.54) is 18.2 Å². The lowest BCUT2D eigenvalue weighted by Gasteiger charge is -2.23. The van der Waals surface area contributed by atoms with Gasteiger partial charge < -0.3 is 9.84 Å². The van der Waals surface area contributed by atoms with Gasteiger partial charge in [-0.2, -0.15) is 0 Å². The summed E-state index contributed by atoms with van der Waals surface area (Å²) in [5.74, 6) is 1.35. The maximum atomic E-state index is 11.8. The summed E-state index contributed by atoms with van der Waals surface area (Å²) in [5, 5.41) is 8.92. The Morgan fingerprint density at radius 3 is 2.04 bits per heavy atom. The molecule has 0 aliphatic heterocycles. The van der Waals surface area contributed by atoms with Crippen LogP contribution in [0, 0.1) is 25.7 Å². The molecule has 0 radical (unpaired) electrons. The normalized spacial score (nSPS) is 12.7. The first-order chi connectivity index (χ1) is 13.3. The first-order valence-corrected chi connectivity index (χ1v) is 10.2. The molecule has 2 unspecified atom stereocenters. The number of hydrogen-bond acceptors (Lipinski definition) is 3. The number of aryl methyl sites for hydroxylation is 2. The zero-order chi connectivity index (χ0) is 21.1. The average Bonchev–Trinajstić information content (AvgIpc) is 2.67. The highest BCUT2D eigenvalue weighted by Crippen LogP contribution is 2.32. The van der Waals surface area contributed by atoms with Crippen LogP contribution in [0.2, 0.25) is 0 Å². The molecule has 0 aliphatic rings. The Kier molecular flexibility index (Phi) is 10.4. The summed E-state index contributed by atoms with van der Waals surface area (Å²) in [5.41, 5.74) is 3.54. The van der Waals surface area contributed by atoms with Crippen LogP contribution in [0.15, 0.2) is 48.5 Å². The van der Waals surface area contributed by atoms with Crippen molar-refractivity contribution in [1.29, 1.82) is 0 Å². The van der Waals surface area contributed by atoms with Gasteiger partial charge in [-0.1, -0.05) is 68.8 Å². The van der Waals surface area contributed by atoms with Crippen molar-refractivity contribution in [1.82, 2.24) is 0 Å². The molecular weight excluding hydrogens is 348 g/mol. The van der Waals surface area contributed by atoms with Crippen LogP contribution in [0.1, 0.15) is 62.6 Å². The summed E-state index contributed by atoms with van der Waals surface area (Å²) in [6.45, 7) is 10.5. The van der Waals surface area contributed by atoms with Crippen molar-refractivity contribution >= 4 is 5.97 Å². The highest BCUT2D eigenvalue weighted by atomic mass is 16.5. The molecule has 0 heterocycles. The van der Waals surface area contributed by atoms with E-state index in [4.69, 9.17) is 9.84 Å². The number of rotatable bonds is 7. The van der Waals surface area contributed by atoms with Crippen molar-refractivity contribution in [2.24, 2.45) is 11.8 Å². The van der Waals surface area contributed by atoms with Crippen molar-refractivity contribution in [3.05, 3.63) is 65.2 Å². The lowest BCUT2D eigenvalue weighted by atomic mass is 9.82. The molecule has 2 aromatic rings. The topological polar surface area (TPSA) is 46.5 Å². The standard InChI is InChI=1S/C18H28O2.C7H8O/c1-6-15(18(19)20-5)12-17(11-13(2)3)16-9-7-14(4)8-10-16;1-6-4-2-3-5-7(6)8/h7-10,13,15,17H,6,11-12H2,1-5H3;2-5,8H,1H3. The number of methoxy groups -OCH3 is 1. The van der Waals surface area contributed by atoms with Crippen LogP contribution >= 0.6 is 0 Å². The Bertz CT molecular complexity index is 683. The minimum absolute atomic E-state index is 0.00468. The first kappa shape index (κ1) is 23.7. The molecule has 0 aromatic heterocycles. The molecule has 2 aromatic carbocycles. The number of phenols is 1. The summed E-state index contributed by atoms with van der Waals surface area (Å²) in [7, 11) is 1.48. The Labute approximate surface area is 170 Å². The zero-order valence-electron chi connectivity index (χ0n) is 18.2. The average molecular weight is 385 g/mol. The number of ether oxygens (including phenoxy) is 1. The number of aromatic hydroxyl groups is 1. The van der Waals surface area contributed by atoms with Crippen LogP contribution in [-0.4, -0.2) is 18.2 Å². The van der Waals surface area contributed by atoms with E-state index in [2.05, 4.69) is 52.0 Å². The number of esters is 1. The number of para-hydroxylation sites is 1. The number of phenolic OH excluding ortho intramolecular Hbond substituents is 1. The molecule has 28 heavy (non-hydrogen) atoms. The van der Waals surface area contributed by atoms with Gasteiger partial charge in [0.15, 0.2) is 0 Å². The van der Waals surface area contributed by atoms with Crippen LogP contribution in [-0.2, 0) is 9.53 Å². The van der Waals surface area contributed by atoms with Gasteiger partial charge in [-0.3, -0.25) is 4.79 Å². The van der Waals surface area contributed by atoms with Gasteiger partial charge in [0.25, 0.3) is 0 Å². The van der Waals surface area contributed by atoms with Crippen molar-refractivity contribution in [2.75, 3.05) is 7.11 Å². The monoisotopic (exact) mass is 384 g/mol. The van der Waals surface area contributed by atoms with Crippen molar-refractivity contribution in [3.8, 4) is 5.75 Å². The van der Waals surface area contributed by atoms with Gasteiger partial charge in [-0.25, -0.2) is 0 Å². The van der Waals surface area contributed by atoms with E-state index in [9.17, 15) is 4.79 Å². The van der Waals surface area contributed by atoms with Crippen molar-refractivity contribution in [3.63, 3.8) is 0 Å². The molecule has 0 fully saturated rings. The minimum atomic E-state index is -0.0756. The summed E-state index contributed by atoms with van der Waals surface area (Å²) < 4.78 is 4.93. The molecule has 0 bridgehead atoms. The molecule has 2 rings (SSSR count). The summed E-state index contributed by atoms with van der Waals surface area (Å²) in [6, 6.07) is 16.0. The van der Waals surface area contributed by atoms with Gasteiger partial charge in [-0.15, -0.1) is 0 Å². The molecule has 0 saturated carbocycles. The van der Waals surface area contributed by atoms with Crippen LogP contribution in [0.25, 0.3) is 0 Å². The SMILES string of the molecule is CCC(CC(CC(C)C)c1ccc(C)cc1)C(=O)OC.Cc1ccccc1O. The van der Waals surface area contributed by atoms with Crippen molar-refractivity contribution < 1.29 is 14.6 Å². The Morgan fingerprint density at radius 1 is 1.00 bits per heavy atom. The fourth-order valence-electron chi connectivity index (χ4n) is 3.28. The molecule has 0 amide bonds. The molecule has 3 heteroatoms. The van der Waals surface area contributed by atoms with Crippen molar-refractivity contribution in [2.45, 2.75) is 59.8 Å². The quantitative estimate of drug-likeness (QED) is 0.561. The molecule has 1 N–H and O–H groups in total. The Balaban J connectivity index is 0.000000406. The summed E-state index contributed by atoms with van der Waals surface area (Å²) in [6.07, 6.45) is 2.83. The van der Waals surface area contributed by atoms with Gasteiger partial charge in [0, 0.05) is 0 Å². The van der Waals surface area contributed by atoms with Crippen LogP contribution in [0.5, 0.6) is 5.75 Å². The van der Waals surface area contributed by atoms with E-state index in [1.54, 1.807) is 6.07 Å². The third-order valence-corrected chi connectivity index (χ3v) is 5.02. The largest absolute Gasteiger partial charge is 0.508 e. The second kappa shape index (κ2) is 12.2. The maximum absolute atomic E-state index is 11.8. The number of carbonyl (C=O) groups excluding carboxylic acids is 1. The summed E-state index contributed by atoms with van der Waals surface area (Å²) >= 11 is 0. The third kappa shape index (κ3) is 8.16. The molecular formula is C25H36O3. The maximum Gasteiger partial charge on any atom is 0.308 e. The van der Waals surface area contributed by atoms with E-state index in [1.807, 2.05) is 25.1 Å². The van der Waals surface area contributed by atoms with Gasteiger partial charge in [0.2, 0.25) is 0 Å². The zero-order valence-corrected chi connectivity index (χ0v) is 18.2. The van der Waals surface area contributed by atoms with Gasteiger partial charge in [0.05, 0.1) is 13.0 Å². The number of carbonyl (C=O) groups is 1. The lowest BCUT2D eigenvalue weighted by molar-refractivity contribution is -0.146. The van der Waals surface area contributed by atoms with E-state index in [-0.39, 0.29) is 11.9 Å². The highest BCUT2D eigenvalue weighted by molar-refractivity contribution is 5.72. The van der Waals surface area contributed by atoms with Gasteiger partial charge >= 0.3 is 5.97 Å². The second-order valence-electron chi connectivity index (χ2n) is 7.89. The second-order valence-corrected chi connectivity index (χ2v) is 7.89. The fraction of sp³-hybridized carbons (Fsp3) is 0.480. The lowest BCUT2D eigenvalue weighted by Crippen LogP contribution is -2.19. The summed E-state index contributed by atoms with van der Waals surface area (Å²) in [4.78, 5) is 11.8. The predicted molar refractivity (Wildman–Crippen MR) is 117 cm³/mol. The first-order valence-electron chi connectivity index (χ1n) is 10.2. The minimum Gasteiger partial charge on any atom is -0.508 e. The van der Waals surface area contributed by atoms with E-state index in [0.717, 1.165) is 24.8 Å². The van der Waals surface area contributed by atoms with E-state index >= 15 is 0 Å². The van der Waals surface area contributed by atoms with Crippen LogP contribution in [0.3, 0.4) is 0 Å². The molecule has 0 spiro atoms. The molecule has 3 nitrogen and oxygen atoms in total. The smallest absolute Gasteiger partial charge is 0.308 e. The molecule has 0 saturated heterocycles. The number of hydrogen-bond donors (Lipinski definition) is 1. The molecule has 2 atom stereocenters. The molecule has 0 aliphatic carbocycles. The highest BCUT2D eigenvalue weighted by Gasteiger charge is 2.23. The Hall–Kier alpha value is -2.29. The Morgan fingerprint density at radius 2 is 1.61 bits per heavy atom. The number of benzene rings is 2. The molecule has 154 valence electrons. The fourth-order valence-corrected chi connectivity index (χ4v) is 3.28. The van der Waals surface area contributed by atoms with Gasteiger partial charge in [-0.05, 0) is 62.1 Å².